The number of aromatic nitrogens is 1. The first kappa shape index (κ1) is 12.8. The van der Waals surface area contributed by atoms with Crippen molar-refractivity contribution < 1.29 is 0 Å². The summed E-state index contributed by atoms with van der Waals surface area (Å²) < 4.78 is 0. The van der Waals surface area contributed by atoms with Crippen molar-refractivity contribution in [1.29, 1.82) is 0 Å². The second kappa shape index (κ2) is 6.31. The van der Waals surface area contributed by atoms with Gasteiger partial charge in [-0.25, -0.2) is 4.98 Å². The maximum atomic E-state index is 6.01. The topological polar surface area (TPSA) is 16.1 Å². The number of hydrogen-bond acceptors (Lipinski definition) is 2. The van der Waals surface area contributed by atoms with E-state index in [1.54, 1.807) is 6.07 Å². The largest absolute Gasteiger partial charge is 0.299 e. The van der Waals surface area contributed by atoms with Gasteiger partial charge in [-0.05, 0) is 25.6 Å². The van der Waals surface area contributed by atoms with Gasteiger partial charge in [0, 0.05) is 12.1 Å². The second-order valence-corrected chi connectivity index (χ2v) is 4.20. The third-order valence-electron chi connectivity index (χ3n) is 2.27. The molecule has 0 N–H and O–H groups in total. The standard InChI is InChI=1S/C11H16Cl2N2/c1-3-7-15(4-2)8-9-5-6-10(12)14-11(9)13/h5-6H,3-4,7-8H2,1-2H3. The highest BCUT2D eigenvalue weighted by Gasteiger charge is 2.07. The van der Waals surface area contributed by atoms with Crippen molar-refractivity contribution in [2.75, 3.05) is 13.1 Å². The highest BCUT2D eigenvalue weighted by atomic mass is 35.5. The van der Waals surface area contributed by atoms with E-state index in [4.69, 9.17) is 23.2 Å². The number of pyridine rings is 1. The van der Waals surface area contributed by atoms with E-state index < -0.39 is 0 Å². The minimum Gasteiger partial charge on any atom is -0.299 e. The molecule has 0 saturated carbocycles. The van der Waals surface area contributed by atoms with E-state index in [0.717, 1.165) is 31.6 Å². The Balaban J connectivity index is 2.70. The normalized spacial score (nSPS) is 11.0. The third-order valence-corrected chi connectivity index (χ3v) is 2.81. The zero-order valence-electron chi connectivity index (χ0n) is 9.13. The molecule has 1 rings (SSSR count). The third kappa shape index (κ3) is 3.98. The predicted molar refractivity (Wildman–Crippen MR) is 65.5 cm³/mol. The van der Waals surface area contributed by atoms with Gasteiger partial charge < -0.3 is 0 Å². The summed E-state index contributed by atoms with van der Waals surface area (Å²) in [5, 5.41) is 0.958. The molecule has 0 atom stereocenters. The molecule has 0 radical (unpaired) electrons. The zero-order chi connectivity index (χ0) is 11.3. The van der Waals surface area contributed by atoms with Crippen molar-refractivity contribution in [3.8, 4) is 0 Å². The highest BCUT2D eigenvalue weighted by Crippen LogP contribution is 2.18. The van der Waals surface area contributed by atoms with Crippen LogP contribution in [0.5, 0.6) is 0 Å². The molecule has 0 spiro atoms. The molecule has 0 aliphatic rings. The van der Waals surface area contributed by atoms with Gasteiger partial charge in [0.15, 0.2) is 0 Å². The smallest absolute Gasteiger partial charge is 0.135 e. The Morgan fingerprint density at radius 3 is 2.53 bits per heavy atom. The van der Waals surface area contributed by atoms with Crippen molar-refractivity contribution in [1.82, 2.24) is 9.88 Å². The number of hydrogen-bond donors (Lipinski definition) is 0. The van der Waals surface area contributed by atoms with Crippen LogP contribution < -0.4 is 0 Å². The molecule has 0 bridgehead atoms. The van der Waals surface area contributed by atoms with Gasteiger partial charge in [0.25, 0.3) is 0 Å². The van der Waals surface area contributed by atoms with E-state index >= 15 is 0 Å². The van der Waals surface area contributed by atoms with Crippen molar-refractivity contribution in [2.24, 2.45) is 0 Å². The first-order valence-corrected chi connectivity index (χ1v) is 5.96. The van der Waals surface area contributed by atoms with Crippen molar-refractivity contribution >= 4 is 23.2 Å². The highest BCUT2D eigenvalue weighted by molar-refractivity contribution is 6.32. The van der Waals surface area contributed by atoms with E-state index in [1.165, 1.54) is 0 Å². The van der Waals surface area contributed by atoms with Crippen LogP contribution in [0.4, 0.5) is 0 Å². The summed E-state index contributed by atoms with van der Waals surface area (Å²) in [6, 6.07) is 3.72. The summed E-state index contributed by atoms with van der Waals surface area (Å²) >= 11 is 11.7. The lowest BCUT2D eigenvalue weighted by Crippen LogP contribution is -2.23. The van der Waals surface area contributed by atoms with Gasteiger partial charge in [-0.2, -0.15) is 0 Å². The lowest BCUT2D eigenvalue weighted by molar-refractivity contribution is 0.280. The molecule has 15 heavy (non-hydrogen) atoms. The first-order chi connectivity index (χ1) is 7.17. The fourth-order valence-corrected chi connectivity index (χ4v) is 1.87. The summed E-state index contributed by atoms with van der Waals surface area (Å²) in [4.78, 5) is 6.36. The summed E-state index contributed by atoms with van der Waals surface area (Å²) in [6.45, 7) is 7.26. The van der Waals surface area contributed by atoms with E-state index in [1.807, 2.05) is 6.07 Å². The summed E-state index contributed by atoms with van der Waals surface area (Å²) in [5.41, 5.74) is 1.04. The number of nitrogens with zero attached hydrogens (tertiary/aromatic N) is 2. The van der Waals surface area contributed by atoms with Gasteiger partial charge in [-0.3, -0.25) is 4.90 Å². The van der Waals surface area contributed by atoms with Gasteiger partial charge >= 0.3 is 0 Å². The molecule has 4 heteroatoms. The van der Waals surface area contributed by atoms with E-state index in [2.05, 4.69) is 23.7 Å². The van der Waals surface area contributed by atoms with Crippen LogP contribution in [0.25, 0.3) is 0 Å². The maximum Gasteiger partial charge on any atom is 0.135 e. The Morgan fingerprint density at radius 1 is 1.27 bits per heavy atom. The van der Waals surface area contributed by atoms with Gasteiger partial charge in [-0.1, -0.05) is 43.1 Å². The number of rotatable bonds is 5. The van der Waals surface area contributed by atoms with Crippen LogP contribution in [-0.2, 0) is 6.54 Å². The Bertz CT molecular complexity index is 315. The molecule has 0 aromatic carbocycles. The van der Waals surface area contributed by atoms with Crippen LogP contribution in [0.15, 0.2) is 12.1 Å². The van der Waals surface area contributed by atoms with Crippen LogP contribution in [0.2, 0.25) is 10.3 Å². The lowest BCUT2D eigenvalue weighted by atomic mass is 10.2. The summed E-state index contributed by atoms with van der Waals surface area (Å²) in [6.07, 6.45) is 1.15. The molecular formula is C11H16Cl2N2. The fourth-order valence-electron chi connectivity index (χ4n) is 1.47. The van der Waals surface area contributed by atoms with Gasteiger partial charge in [-0.15, -0.1) is 0 Å². The molecule has 0 fully saturated rings. The molecule has 1 aromatic heterocycles. The molecule has 84 valence electrons. The fraction of sp³-hybridized carbons (Fsp3) is 0.545. The van der Waals surface area contributed by atoms with Crippen molar-refractivity contribution in [3.63, 3.8) is 0 Å². The van der Waals surface area contributed by atoms with Gasteiger partial charge in [0.1, 0.15) is 10.3 Å². The van der Waals surface area contributed by atoms with Crippen LogP contribution in [0, 0.1) is 0 Å². The maximum absolute atomic E-state index is 6.01. The Hall–Kier alpha value is -0.310. The molecule has 2 nitrogen and oxygen atoms in total. The predicted octanol–water partition coefficient (Wildman–Crippen LogP) is 3.62. The first-order valence-electron chi connectivity index (χ1n) is 5.20. The van der Waals surface area contributed by atoms with E-state index in [9.17, 15) is 0 Å². The average molecular weight is 247 g/mol. The summed E-state index contributed by atoms with van der Waals surface area (Å²) in [5.74, 6) is 0. The monoisotopic (exact) mass is 246 g/mol. The molecule has 0 saturated heterocycles. The molecule has 1 heterocycles. The Morgan fingerprint density at radius 2 is 2.00 bits per heavy atom. The SMILES string of the molecule is CCCN(CC)Cc1ccc(Cl)nc1Cl. The minimum absolute atomic E-state index is 0.447. The molecular weight excluding hydrogens is 231 g/mol. The van der Waals surface area contributed by atoms with Gasteiger partial charge in [0.05, 0.1) is 0 Å². The zero-order valence-corrected chi connectivity index (χ0v) is 10.6. The molecule has 0 aliphatic carbocycles. The second-order valence-electron chi connectivity index (χ2n) is 3.45. The molecule has 1 aromatic rings. The van der Waals surface area contributed by atoms with Crippen LogP contribution in [0.1, 0.15) is 25.8 Å². The van der Waals surface area contributed by atoms with Gasteiger partial charge in [0.2, 0.25) is 0 Å². The van der Waals surface area contributed by atoms with E-state index in [0.29, 0.717) is 10.3 Å². The Labute approximate surface area is 101 Å². The number of halogens is 2. The van der Waals surface area contributed by atoms with Crippen LogP contribution >= 0.6 is 23.2 Å². The van der Waals surface area contributed by atoms with Crippen molar-refractivity contribution in [2.45, 2.75) is 26.8 Å². The molecule has 0 amide bonds. The van der Waals surface area contributed by atoms with E-state index in [-0.39, 0.29) is 0 Å². The Kier molecular flexibility index (Phi) is 5.37. The minimum atomic E-state index is 0.447. The van der Waals surface area contributed by atoms with Crippen LogP contribution in [-0.4, -0.2) is 23.0 Å². The lowest BCUT2D eigenvalue weighted by Gasteiger charge is -2.19. The molecule has 0 aliphatic heterocycles. The van der Waals surface area contributed by atoms with Crippen molar-refractivity contribution in [3.05, 3.63) is 28.0 Å². The van der Waals surface area contributed by atoms with Crippen LogP contribution in [0.3, 0.4) is 0 Å². The quantitative estimate of drug-likeness (QED) is 0.739. The average Bonchev–Trinajstić information content (AvgIpc) is 2.21. The summed E-state index contributed by atoms with van der Waals surface area (Å²) in [7, 11) is 0. The molecule has 0 unspecified atom stereocenters.